The van der Waals surface area contributed by atoms with Crippen LogP contribution in [0.5, 0.6) is 0 Å². The molecule has 0 saturated heterocycles. The van der Waals surface area contributed by atoms with Crippen LogP contribution in [-0.2, 0) is 0 Å². The zero-order chi connectivity index (χ0) is 15.6. The lowest BCUT2D eigenvalue weighted by molar-refractivity contribution is 0.0696. The van der Waals surface area contributed by atoms with Crippen molar-refractivity contribution in [3.05, 3.63) is 60.0 Å². The summed E-state index contributed by atoms with van der Waals surface area (Å²) in [5.74, 6) is -1.36. The molecule has 0 bridgehead atoms. The average Bonchev–Trinajstić information content (AvgIpc) is 2.43. The van der Waals surface area contributed by atoms with E-state index in [1.807, 2.05) is 6.07 Å². The Balaban J connectivity index is 2.33. The second-order valence-electron chi connectivity index (χ2n) is 4.08. The van der Waals surface area contributed by atoms with Crippen molar-refractivity contribution < 1.29 is 14.7 Å². The predicted octanol–water partition coefficient (Wildman–Crippen LogP) is 4.77. The first-order chi connectivity index (χ1) is 9.88. The van der Waals surface area contributed by atoms with E-state index in [4.69, 9.17) is 5.11 Å². The molecule has 2 N–H and O–H groups in total. The van der Waals surface area contributed by atoms with Crippen molar-refractivity contribution in [2.45, 2.75) is 0 Å². The maximum Gasteiger partial charge on any atom is 0.335 e. The quantitative estimate of drug-likeness (QED) is 0.569. The van der Waals surface area contributed by atoms with Crippen molar-refractivity contribution in [1.29, 1.82) is 0 Å². The van der Waals surface area contributed by atoms with Crippen molar-refractivity contribution in [1.82, 2.24) is 0 Å². The standard InChI is InChI=1S/C14H8Br2INO3/c15-10-4-2-8(17)6-9(10)13(19)18-12-5-7(14(20)21)1-3-11(12)16/h1-6H,(H,18,19)(H,20,21). The van der Waals surface area contributed by atoms with Gasteiger partial charge in [0.1, 0.15) is 0 Å². The topological polar surface area (TPSA) is 66.4 Å². The average molecular weight is 525 g/mol. The molecule has 0 heterocycles. The van der Waals surface area contributed by atoms with E-state index in [2.05, 4.69) is 59.8 Å². The molecule has 0 spiro atoms. The van der Waals surface area contributed by atoms with E-state index in [-0.39, 0.29) is 11.5 Å². The summed E-state index contributed by atoms with van der Waals surface area (Å²) >= 11 is 8.74. The number of anilines is 1. The smallest absolute Gasteiger partial charge is 0.335 e. The third-order valence-corrected chi connectivity index (χ3v) is 4.69. The molecule has 0 unspecified atom stereocenters. The Bertz CT molecular complexity index is 734. The van der Waals surface area contributed by atoms with E-state index in [1.165, 1.54) is 12.1 Å². The van der Waals surface area contributed by atoms with Gasteiger partial charge in [-0.3, -0.25) is 4.79 Å². The summed E-state index contributed by atoms with van der Waals surface area (Å²) in [6.45, 7) is 0. The van der Waals surface area contributed by atoms with E-state index < -0.39 is 5.97 Å². The van der Waals surface area contributed by atoms with Gasteiger partial charge in [-0.05, 0) is 90.8 Å². The maximum atomic E-state index is 12.3. The summed E-state index contributed by atoms with van der Waals surface area (Å²) in [6, 6.07) is 9.87. The molecular formula is C14H8Br2INO3. The largest absolute Gasteiger partial charge is 0.478 e. The fourth-order valence-corrected chi connectivity index (χ4v) is 2.88. The lowest BCUT2D eigenvalue weighted by Gasteiger charge is -2.10. The minimum absolute atomic E-state index is 0.107. The lowest BCUT2D eigenvalue weighted by atomic mass is 10.1. The number of carboxylic acids is 1. The summed E-state index contributed by atoms with van der Waals surface area (Å²) in [5.41, 5.74) is 0.996. The van der Waals surface area contributed by atoms with E-state index in [0.29, 0.717) is 20.2 Å². The molecule has 108 valence electrons. The van der Waals surface area contributed by atoms with Gasteiger partial charge in [0.15, 0.2) is 0 Å². The van der Waals surface area contributed by atoms with Crippen LogP contribution in [-0.4, -0.2) is 17.0 Å². The first-order valence-corrected chi connectivity index (χ1v) is 8.34. The molecule has 0 saturated carbocycles. The minimum atomic E-state index is -1.05. The first kappa shape index (κ1) is 16.4. The third-order valence-electron chi connectivity index (χ3n) is 2.63. The number of carboxylic acid groups (broad SMARTS) is 1. The number of hydrogen-bond donors (Lipinski definition) is 2. The highest BCUT2D eigenvalue weighted by Gasteiger charge is 2.14. The van der Waals surface area contributed by atoms with Gasteiger partial charge in [-0.25, -0.2) is 4.79 Å². The van der Waals surface area contributed by atoms with Crippen LogP contribution in [0.4, 0.5) is 5.69 Å². The Morgan fingerprint density at radius 1 is 1.05 bits per heavy atom. The van der Waals surface area contributed by atoms with E-state index in [0.717, 1.165) is 3.57 Å². The number of halogens is 3. The molecule has 21 heavy (non-hydrogen) atoms. The maximum absolute atomic E-state index is 12.3. The fourth-order valence-electron chi connectivity index (χ4n) is 1.62. The van der Waals surface area contributed by atoms with E-state index in [9.17, 15) is 9.59 Å². The van der Waals surface area contributed by atoms with Crippen LogP contribution in [0.2, 0.25) is 0 Å². The predicted molar refractivity (Wildman–Crippen MR) is 95.9 cm³/mol. The number of amides is 1. The number of carbonyl (C=O) groups excluding carboxylic acids is 1. The van der Waals surface area contributed by atoms with Crippen molar-refractivity contribution >= 4 is 72.0 Å². The summed E-state index contributed by atoms with van der Waals surface area (Å²) in [5, 5.41) is 11.7. The van der Waals surface area contributed by atoms with Gasteiger partial charge in [-0.15, -0.1) is 0 Å². The van der Waals surface area contributed by atoms with Crippen LogP contribution in [0.15, 0.2) is 45.3 Å². The van der Waals surface area contributed by atoms with Gasteiger partial charge >= 0.3 is 5.97 Å². The second-order valence-corrected chi connectivity index (χ2v) is 7.03. The SMILES string of the molecule is O=C(O)c1ccc(Br)c(NC(=O)c2cc(I)ccc2Br)c1. The van der Waals surface area contributed by atoms with Gasteiger partial charge in [0.2, 0.25) is 0 Å². The number of aromatic carboxylic acids is 1. The van der Waals surface area contributed by atoms with Gasteiger partial charge in [-0.1, -0.05) is 0 Å². The van der Waals surface area contributed by atoms with Crippen molar-refractivity contribution in [2.75, 3.05) is 5.32 Å². The number of hydrogen-bond acceptors (Lipinski definition) is 2. The monoisotopic (exact) mass is 523 g/mol. The fraction of sp³-hybridized carbons (Fsp3) is 0. The Hall–Kier alpha value is -0.930. The van der Waals surface area contributed by atoms with Crippen molar-refractivity contribution in [3.63, 3.8) is 0 Å². The van der Waals surface area contributed by atoms with Crippen molar-refractivity contribution in [3.8, 4) is 0 Å². The van der Waals surface area contributed by atoms with Gasteiger partial charge in [0.05, 0.1) is 16.8 Å². The first-order valence-electron chi connectivity index (χ1n) is 5.67. The lowest BCUT2D eigenvalue weighted by Crippen LogP contribution is -2.14. The zero-order valence-electron chi connectivity index (χ0n) is 10.4. The normalized spacial score (nSPS) is 10.2. The third kappa shape index (κ3) is 4.04. The highest BCUT2D eigenvalue weighted by Crippen LogP contribution is 2.26. The zero-order valence-corrected chi connectivity index (χ0v) is 15.7. The van der Waals surface area contributed by atoms with Crippen LogP contribution in [0.1, 0.15) is 20.7 Å². The summed E-state index contributed by atoms with van der Waals surface area (Å²) in [7, 11) is 0. The number of rotatable bonds is 3. The van der Waals surface area contributed by atoms with Gasteiger partial charge < -0.3 is 10.4 Å². The molecule has 2 rings (SSSR count). The summed E-state index contributed by atoms with van der Waals surface area (Å²) in [6.07, 6.45) is 0. The van der Waals surface area contributed by atoms with Crippen LogP contribution < -0.4 is 5.32 Å². The van der Waals surface area contributed by atoms with Crippen LogP contribution in [0.3, 0.4) is 0 Å². The highest BCUT2D eigenvalue weighted by atomic mass is 127. The number of nitrogens with one attached hydrogen (secondary N) is 1. The van der Waals surface area contributed by atoms with Gasteiger partial charge in [-0.2, -0.15) is 0 Å². The molecule has 0 aliphatic carbocycles. The molecule has 1 amide bonds. The number of benzene rings is 2. The Kier molecular flexibility index (Phi) is 5.39. The van der Waals surface area contributed by atoms with Gasteiger partial charge in [0, 0.05) is 12.5 Å². The Morgan fingerprint density at radius 3 is 2.38 bits per heavy atom. The minimum Gasteiger partial charge on any atom is -0.478 e. The van der Waals surface area contributed by atoms with Gasteiger partial charge in [0.25, 0.3) is 5.91 Å². The highest BCUT2D eigenvalue weighted by molar-refractivity contribution is 14.1. The Morgan fingerprint density at radius 2 is 1.71 bits per heavy atom. The van der Waals surface area contributed by atoms with E-state index in [1.54, 1.807) is 18.2 Å². The molecule has 2 aromatic rings. The Labute approximate surface area is 151 Å². The van der Waals surface area contributed by atoms with Crippen LogP contribution in [0.25, 0.3) is 0 Å². The second kappa shape index (κ2) is 6.89. The molecule has 0 aliphatic rings. The molecule has 4 nitrogen and oxygen atoms in total. The molecule has 0 aromatic heterocycles. The summed E-state index contributed by atoms with van der Waals surface area (Å²) in [4.78, 5) is 23.3. The number of carbonyl (C=O) groups is 2. The molecule has 0 atom stereocenters. The van der Waals surface area contributed by atoms with Crippen LogP contribution in [0, 0.1) is 3.57 Å². The van der Waals surface area contributed by atoms with E-state index >= 15 is 0 Å². The molecule has 0 radical (unpaired) electrons. The molecule has 0 fully saturated rings. The molecule has 0 aliphatic heterocycles. The van der Waals surface area contributed by atoms with Crippen LogP contribution >= 0.6 is 54.5 Å². The molecular weight excluding hydrogens is 517 g/mol. The molecule has 7 heteroatoms. The van der Waals surface area contributed by atoms with Crippen molar-refractivity contribution in [2.24, 2.45) is 0 Å². The molecule has 2 aromatic carbocycles. The summed E-state index contributed by atoms with van der Waals surface area (Å²) < 4.78 is 2.22.